The summed E-state index contributed by atoms with van der Waals surface area (Å²) < 4.78 is 5.49. The van der Waals surface area contributed by atoms with Crippen LogP contribution in [0.2, 0.25) is 0 Å². The van der Waals surface area contributed by atoms with Crippen molar-refractivity contribution >= 4 is 39.3 Å². The zero-order valence-electron chi connectivity index (χ0n) is 19.9. The van der Waals surface area contributed by atoms with Crippen LogP contribution < -0.4 is 4.74 Å². The molecule has 0 bridgehead atoms. The van der Waals surface area contributed by atoms with E-state index in [4.69, 9.17) is 4.74 Å². The lowest BCUT2D eigenvalue weighted by molar-refractivity contribution is -0.145. The molecule has 0 radical (unpaired) electrons. The first kappa shape index (κ1) is 23.7. The molecule has 1 heterocycles. The van der Waals surface area contributed by atoms with Crippen LogP contribution in [0.25, 0.3) is 0 Å². The minimum atomic E-state index is -0.656. The molecule has 1 aliphatic heterocycles. The summed E-state index contributed by atoms with van der Waals surface area (Å²) in [6, 6.07) is 4.86. The summed E-state index contributed by atoms with van der Waals surface area (Å²) in [4.78, 5) is 54.8. The van der Waals surface area contributed by atoms with Crippen molar-refractivity contribution < 1.29 is 29.0 Å². The van der Waals surface area contributed by atoms with Gasteiger partial charge in [-0.3, -0.25) is 24.1 Å². The smallest absolute Gasteiger partial charge is 0.234 e. The largest absolute Gasteiger partial charge is 0.504 e. The molecule has 5 rings (SSSR count). The van der Waals surface area contributed by atoms with E-state index in [1.807, 2.05) is 26.8 Å². The second kappa shape index (κ2) is 8.01. The number of aromatic hydroxyl groups is 1. The number of phenolic OH excluding ortho intramolecular Hbond substituents is 1. The summed E-state index contributed by atoms with van der Waals surface area (Å²) in [7, 11) is 1.44. The maximum atomic E-state index is 13.6. The van der Waals surface area contributed by atoms with Gasteiger partial charge in [0.2, 0.25) is 11.8 Å². The van der Waals surface area contributed by atoms with E-state index in [1.165, 1.54) is 24.2 Å². The Morgan fingerprint density at radius 1 is 1.09 bits per heavy atom. The third kappa shape index (κ3) is 3.44. The maximum absolute atomic E-state index is 13.6. The molecule has 0 spiro atoms. The molecule has 8 heteroatoms. The number of methoxy groups -OCH3 is 1. The van der Waals surface area contributed by atoms with Crippen molar-refractivity contribution in [3.05, 3.63) is 57.1 Å². The first-order valence-electron chi connectivity index (χ1n) is 11.6. The van der Waals surface area contributed by atoms with Gasteiger partial charge in [0.1, 0.15) is 0 Å². The number of carbonyl (C=O) groups is 4. The van der Waals surface area contributed by atoms with Crippen molar-refractivity contribution in [1.29, 1.82) is 0 Å². The first-order valence-corrected chi connectivity index (χ1v) is 12.4. The average Bonchev–Trinajstić information content (AvgIpc) is 3.06. The molecule has 3 aliphatic carbocycles. The quantitative estimate of drug-likeness (QED) is 0.346. The molecule has 1 N–H and O–H groups in total. The molecule has 182 valence electrons. The maximum Gasteiger partial charge on any atom is 0.234 e. The van der Waals surface area contributed by atoms with E-state index < -0.39 is 29.2 Å². The Labute approximate surface area is 211 Å². The molecule has 2 amide bonds. The molecule has 1 aromatic rings. The number of imide groups is 1. The van der Waals surface area contributed by atoms with E-state index in [-0.39, 0.29) is 45.8 Å². The van der Waals surface area contributed by atoms with E-state index in [1.54, 1.807) is 12.1 Å². The fourth-order valence-electron chi connectivity index (χ4n) is 6.12. The van der Waals surface area contributed by atoms with Crippen LogP contribution in [0.4, 0.5) is 0 Å². The van der Waals surface area contributed by atoms with Gasteiger partial charge in [0.05, 0.1) is 23.4 Å². The third-order valence-electron chi connectivity index (χ3n) is 7.54. The van der Waals surface area contributed by atoms with Gasteiger partial charge < -0.3 is 9.84 Å². The Hall–Kier alpha value is -3.00. The molecule has 35 heavy (non-hydrogen) atoms. The Kier molecular flexibility index (Phi) is 5.43. The number of ketones is 2. The minimum Gasteiger partial charge on any atom is -0.504 e. The molecule has 1 aromatic carbocycles. The van der Waals surface area contributed by atoms with Crippen molar-refractivity contribution in [2.45, 2.75) is 45.1 Å². The molecular weight excluding hydrogens is 514 g/mol. The van der Waals surface area contributed by atoms with Crippen LogP contribution in [0.1, 0.15) is 45.1 Å². The summed E-state index contributed by atoms with van der Waals surface area (Å²) in [5.41, 5.74) is 1.65. The molecule has 0 unspecified atom stereocenters. The van der Waals surface area contributed by atoms with Crippen LogP contribution in [-0.2, 0) is 19.2 Å². The van der Waals surface area contributed by atoms with E-state index in [0.29, 0.717) is 23.1 Å². The Morgan fingerprint density at radius 3 is 2.46 bits per heavy atom. The number of fused-ring (bicyclic) bond motifs is 3. The average molecular weight is 540 g/mol. The number of allylic oxidation sites excluding steroid dienone is 6. The fourth-order valence-corrected chi connectivity index (χ4v) is 6.57. The molecule has 4 atom stereocenters. The van der Waals surface area contributed by atoms with E-state index in [2.05, 4.69) is 15.9 Å². The Morgan fingerprint density at radius 2 is 1.80 bits per heavy atom. The number of amides is 2. The lowest BCUT2D eigenvalue weighted by Crippen LogP contribution is -2.46. The van der Waals surface area contributed by atoms with Crippen molar-refractivity contribution in [2.24, 2.45) is 17.8 Å². The zero-order valence-corrected chi connectivity index (χ0v) is 21.5. The number of likely N-dealkylation sites (tertiary alicyclic amines) is 1. The van der Waals surface area contributed by atoms with Gasteiger partial charge in [-0.05, 0) is 73.2 Å². The van der Waals surface area contributed by atoms with Crippen molar-refractivity contribution in [1.82, 2.24) is 4.90 Å². The van der Waals surface area contributed by atoms with E-state index >= 15 is 0 Å². The number of phenols is 1. The molecule has 0 saturated carbocycles. The van der Waals surface area contributed by atoms with Crippen LogP contribution in [0, 0.1) is 17.8 Å². The van der Waals surface area contributed by atoms with E-state index in [0.717, 1.165) is 5.57 Å². The van der Waals surface area contributed by atoms with Crippen LogP contribution >= 0.6 is 15.9 Å². The second-order valence-corrected chi connectivity index (χ2v) is 11.4. The summed E-state index contributed by atoms with van der Waals surface area (Å²) >= 11 is 3.23. The minimum absolute atomic E-state index is 0.0402. The normalized spacial score (nSPS) is 28.4. The van der Waals surface area contributed by atoms with Crippen LogP contribution in [0.5, 0.6) is 11.5 Å². The van der Waals surface area contributed by atoms with Gasteiger partial charge in [-0.2, -0.15) is 0 Å². The summed E-state index contributed by atoms with van der Waals surface area (Å²) in [6.07, 6.45) is 3.88. The second-order valence-electron chi connectivity index (χ2n) is 10.5. The van der Waals surface area contributed by atoms with Crippen molar-refractivity contribution in [3.8, 4) is 11.5 Å². The van der Waals surface area contributed by atoms with Crippen LogP contribution in [0.15, 0.2) is 51.6 Å². The molecule has 4 aliphatic rings. The topological polar surface area (TPSA) is 101 Å². The lowest BCUT2D eigenvalue weighted by Gasteiger charge is -2.42. The Balaban J connectivity index is 1.69. The lowest BCUT2D eigenvalue weighted by atomic mass is 9.59. The fraction of sp³-hybridized carbons (Fsp3) is 0.407. The number of halogens is 1. The van der Waals surface area contributed by atoms with Crippen molar-refractivity contribution in [3.63, 3.8) is 0 Å². The summed E-state index contributed by atoms with van der Waals surface area (Å²) in [6.45, 7) is 5.52. The Bertz CT molecular complexity index is 1300. The molecule has 1 saturated heterocycles. The summed E-state index contributed by atoms with van der Waals surface area (Å²) in [5, 5.41) is 10.1. The highest BCUT2D eigenvalue weighted by atomic mass is 79.9. The number of carbonyl (C=O) groups excluding carboxylic acids is 4. The van der Waals surface area contributed by atoms with Gasteiger partial charge in [-0.25, -0.2) is 0 Å². The summed E-state index contributed by atoms with van der Waals surface area (Å²) in [5.74, 6) is -2.80. The van der Waals surface area contributed by atoms with Gasteiger partial charge in [-0.15, -0.1) is 0 Å². The van der Waals surface area contributed by atoms with Crippen LogP contribution in [-0.4, -0.2) is 46.0 Å². The highest BCUT2D eigenvalue weighted by molar-refractivity contribution is 9.12. The SMILES string of the molecule is COc1cc([C@H]2C3=CC[C@@H]4C(=O)N(C(C)(C)C)C(=O)[C@@H]4[C@@H]3CC3=C2C(=O)C=C(Br)C3=O)ccc1O. The molecule has 7 nitrogen and oxygen atoms in total. The zero-order chi connectivity index (χ0) is 25.4. The van der Waals surface area contributed by atoms with Gasteiger partial charge >= 0.3 is 0 Å². The number of Topliss-reactive ketones (excluding diaryl/α,β-unsaturated/α-hetero) is 1. The van der Waals surface area contributed by atoms with E-state index in [9.17, 15) is 24.3 Å². The van der Waals surface area contributed by atoms with Crippen molar-refractivity contribution in [2.75, 3.05) is 7.11 Å². The molecule has 1 fully saturated rings. The number of rotatable bonds is 2. The van der Waals surface area contributed by atoms with Gasteiger partial charge in [0, 0.05) is 28.7 Å². The molecular formula is C27H26BrNO6. The van der Waals surface area contributed by atoms with Gasteiger partial charge in [0.15, 0.2) is 23.1 Å². The number of hydrogen-bond acceptors (Lipinski definition) is 6. The highest BCUT2D eigenvalue weighted by Crippen LogP contribution is 2.56. The predicted molar refractivity (Wildman–Crippen MR) is 131 cm³/mol. The number of benzene rings is 1. The number of hydrogen-bond donors (Lipinski definition) is 1. The van der Waals surface area contributed by atoms with Gasteiger partial charge in [-0.1, -0.05) is 17.7 Å². The predicted octanol–water partition coefficient (Wildman–Crippen LogP) is 3.96. The monoisotopic (exact) mass is 539 g/mol. The highest BCUT2D eigenvalue weighted by Gasteiger charge is 2.58. The first-order chi connectivity index (χ1) is 16.5. The number of nitrogens with zero attached hydrogens (tertiary/aromatic N) is 1. The molecule has 0 aromatic heterocycles. The van der Waals surface area contributed by atoms with Gasteiger partial charge in [0.25, 0.3) is 0 Å². The standard InChI is InChI=1S/C27H26BrNO6/c1-27(2,3)29-25(33)14-7-6-13-15(22(14)26(29)34)10-16-23(19(31)11-17(28)24(16)32)21(13)12-5-8-18(30)20(9-12)35-4/h5-6,8-9,11,14-15,21-22,30H,7,10H2,1-4H3/t14-,15+,21-,22-/m0/s1. The number of ether oxygens (including phenoxy) is 1. The third-order valence-corrected chi connectivity index (χ3v) is 8.13. The van der Waals surface area contributed by atoms with Crippen LogP contribution in [0.3, 0.4) is 0 Å².